The summed E-state index contributed by atoms with van der Waals surface area (Å²) in [6, 6.07) is 3.36. The second kappa shape index (κ2) is 8.01. The summed E-state index contributed by atoms with van der Waals surface area (Å²) in [5.74, 6) is 1.38. The Morgan fingerprint density at radius 3 is 2.38 bits per heavy atom. The molecular weight excluding hydrogens is 328 g/mol. The zero-order valence-corrected chi connectivity index (χ0v) is 15.2. The first-order chi connectivity index (χ1) is 11.5. The van der Waals surface area contributed by atoms with Crippen molar-refractivity contribution in [2.45, 2.75) is 19.0 Å². The number of Topliss-reactive ketones (excluding diaryl/α,β-unsaturated/α-hetero) is 1. The first-order valence-corrected chi connectivity index (χ1v) is 8.25. The Labute approximate surface area is 145 Å². The normalized spacial score (nSPS) is 10.4. The molecule has 0 N–H and O–H groups in total. The van der Waals surface area contributed by atoms with Crippen LogP contribution in [-0.2, 0) is 0 Å². The van der Waals surface area contributed by atoms with Crippen LogP contribution in [0.2, 0.25) is 0 Å². The molecule has 0 fully saturated rings. The molecule has 0 saturated heterocycles. The number of carbonyl (C=O) groups excluding carboxylic acids is 1. The van der Waals surface area contributed by atoms with Crippen molar-refractivity contribution in [1.29, 1.82) is 0 Å². The number of nitrogens with zero attached hydrogens (tertiary/aromatic N) is 2. The van der Waals surface area contributed by atoms with Gasteiger partial charge in [-0.05, 0) is 31.5 Å². The van der Waals surface area contributed by atoms with Gasteiger partial charge in [0, 0.05) is 11.9 Å². The number of aryl methyl sites for hydroxylation is 2. The Hall–Kier alpha value is -2.28. The van der Waals surface area contributed by atoms with Crippen molar-refractivity contribution < 1.29 is 19.0 Å². The van der Waals surface area contributed by atoms with Gasteiger partial charge in [-0.15, -0.1) is 0 Å². The number of aromatic nitrogens is 2. The Morgan fingerprint density at radius 1 is 1.08 bits per heavy atom. The predicted octanol–water partition coefficient (Wildman–Crippen LogP) is 3.09. The molecule has 0 unspecified atom stereocenters. The van der Waals surface area contributed by atoms with Crippen LogP contribution in [0.4, 0.5) is 0 Å². The highest BCUT2D eigenvalue weighted by Crippen LogP contribution is 2.40. The molecule has 0 atom stereocenters. The maximum atomic E-state index is 12.6. The van der Waals surface area contributed by atoms with Gasteiger partial charge in [-0.3, -0.25) is 4.79 Å². The van der Waals surface area contributed by atoms with E-state index in [1.807, 2.05) is 13.8 Å². The van der Waals surface area contributed by atoms with Crippen LogP contribution < -0.4 is 14.2 Å². The SMILES string of the molecule is COc1ccc(C(=O)CSc2ncc(C)c(C)n2)c(OC)c1OC. The molecule has 2 aromatic rings. The molecular formula is C17H20N2O4S. The number of benzene rings is 1. The summed E-state index contributed by atoms with van der Waals surface area (Å²) >= 11 is 1.29. The van der Waals surface area contributed by atoms with Crippen LogP contribution in [0, 0.1) is 13.8 Å². The van der Waals surface area contributed by atoms with E-state index < -0.39 is 0 Å². The van der Waals surface area contributed by atoms with E-state index in [9.17, 15) is 4.79 Å². The summed E-state index contributed by atoms with van der Waals surface area (Å²) in [5.41, 5.74) is 2.36. The highest BCUT2D eigenvalue weighted by Gasteiger charge is 2.21. The van der Waals surface area contributed by atoms with Gasteiger partial charge in [0.1, 0.15) is 0 Å². The highest BCUT2D eigenvalue weighted by atomic mass is 32.2. The van der Waals surface area contributed by atoms with Gasteiger partial charge in [-0.2, -0.15) is 0 Å². The molecule has 0 radical (unpaired) electrons. The van der Waals surface area contributed by atoms with Crippen molar-refractivity contribution in [3.63, 3.8) is 0 Å². The van der Waals surface area contributed by atoms with Crippen molar-refractivity contribution in [3.8, 4) is 17.2 Å². The smallest absolute Gasteiger partial charge is 0.204 e. The Bertz CT molecular complexity index is 750. The molecule has 6 nitrogen and oxygen atoms in total. The van der Waals surface area contributed by atoms with Gasteiger partial charge in [0.05, 0.1) is 32.6 Å². The van der Waals surface area contributed by atoms with Gasteiger partial charge in [-0.25, -0.2) is 9.97 Å². The number of thioether (sulfide) groups is 1. The van der Waals surface area contributed by atoms with Gasteiger partial charge in [0.15, 0.2) is 22.4 Å². The third-order valence-electron chi connectivity index (χ3n) is 3.54. The monoisotopic (exact) mass is 348 g/mol. The molecule has 128 valence electrons. The van der Waals surface area contributed by atoms with E-state index in [0.29, 0.717) is 28.0 Å². The Kier molecular flexibility index (Phi) is 6.03. The predicted molar refractivity (Wildman–Crippen MR) is 92.7 cm³/mol. The number of methoxy groups -OCH3 is 3. The molecule has 1 aromatic heterocycles. The lowest BCUT2D eigenvalue weighted by Crippen LogP contribution is -2.07. The van der Waals surface area contributed by atoms with E-state index in [0.717, 1.165) is 11.3 Å². The molecule has 1 aromatic carbocycles. The molecule has 2 rings (SSSR count). The maximum absolute atomic E-state index is 12.6. The van der Waals surface area contributed by atoms with E-state index in [1.54, 1.807) is 18.3 Å². The standard InChI is InChI=1S/C17H20N2O4S/c1-10-8-18-17(19-11(10)2)24-9-13(20)12-6-7-14(21-3)16(23-5)15(12)22-4/h6-8H,9H2,1-5H3. The second-order valence-electron chi connectivity index (χ2n) is 5.01. The number of rotatable bonds is 7. The van der Waals surface area contributed by atoms with Gasteiger partial charge in [0.2, 0.25) is 5.75 Å². The van der Waals surface area contributed by atoms with Crippen molar-refractivity contribution in [2.75, 3.05) is 27.1 Å². The lowest BCUT2D eigenvalue weighted by atomic mass is 10.1. The lowest BCUT2D eigenvalue weighted by molar-refractivity contribution is 0.101. The molecule has 0 aliphatic rings. The minimum Gasteiger partial charge on any atom is -0.493 e. The van der Waals surface area contributed by atoms with E-state index in [-0.39, 0.29) is 11.5 Å². The summed E-state index contributed by atoms with van der Waals surface area (Å²) in [4.78, 5) is 21.2. The van der Waals surface area contributed by atoms with E-state index in [2.05, 4.69) is 9.97 Å². The van der Waals surface area contributed by atoms with Gasteiger partial charge in [-0.1, -0.05) is 11.8 Å². The molecule has 24 heavy (non-hydrogen) atoms. The maximum Gasteiger partial charge on any atom is 0.204 e. The van der Waals surface area contributed by atoms with Gasteiger partial charge >= 0.3 is 0 Å². The second-order valence-corrected chi connectivity index (χ2v) is 5.96. The third kappa shape index (κ3) is 3.79. The Balaban J connectivity index is 2.21. The lowest BCUT2D eigenvalue weighted by Gasteiger charge is -2.15. The van der Waals surface area contributed by atoms with Crippen molar-refractivity contribution in [2.24, 2.45) is 0 Å². The first-order valence-electron chi connectivity index (χ1n) is 7.27. The summed E-state index contributed by atoms with van der Waals surface area (Å²) < 4.78 is 15.9. The molecule has 0 bridgehead atoms. The van der Waals surface area contributed by atoms with Crippen LogP contribution in [-0.4, -0.2) is 42.8 Å². The van der Waals surface area contributed by atoms with Crippen LogP contribution in [0.3, 0.4) is 0 Å². The number of ketones is 1. The fraction of sp³-hybridized carbons (Fsp3) is 0.353. The highest BCUT2D eigenvalue weighted by molar-refractivity contribution is 7.99. The quantitative estimate of drug-likeness (QED) is 0.432. The number of hydrogen-bond acceptors (Lipinski definition) is 7. The van der Waals surface area contributed by atoms with Crippen LogP contribution in [0.15, 0.2) is 23.5 Å². The minimum absolute atomic E-state index is 0.0976. The van der Waals surface area contributed by atoms with Crippen LogP contribution in [0.5, 0.6) is 17.2 Å². The van der Waals surface area contributed by atoms with Gasteiger partial charge < -0.3 is 14.2 Å². The van der Waals surface area contributed by atoms with Crippen LogP contribution in [0.1, 0.15) is 21.6 Å². The van der Waals surface area contributed by atoms with E-state index >= 15 is 0 Å². The van der Waals surface area contributed by atoms with Crippen LogP contribution >= 0.6 is 11.8 Å². The molecule has 0 spiro atoms. The zero-order chi connectivity index (χ0) is 17.7. The summed E-state index contributed by atoms with van der Waals surface area (Å²) in [6.07, 6.45) is 1.76. The minimum atomic E-state index is -0.0976. The van der Waals surface area contributed by atoms with Crippen LogP contribution in [0.25, 0.3) is 0 Å². The number of carbonyl (C=O) groups is 1. The molecule has 0 aliphatic heterocycles. The zero-order valence-electron chi connectivity index (χ0n) is 14.4. The average molecular weight is 348 g/mol. The first kappa shape index (κ1) is 18.1. The molecule has 7 heteroatoms. The molecule has 0 saturated carbocycles. The van der Waals surface area contributed by atoms with E-state index in [4.69, 9.17) is 14.2 Å². The van der Waals surface area contributed by atoms with E-state index in [1.165, 1.54) is 33.1 Å². The van der Waals surface area contributed by atoms with Gasteiger partial charge in [0.25, 0.3) is 0 Å². The molecule has 1 heterocycles. The topological polar surface area (TPSA) is 70.5 Å². The summed E-state index contributed by atoms with van der Waals surface area (Å²) in [6.45, 7) is 3.86. The molecule has 0 aliphatic carbocycles. The average Bonchev–Trinajstić information content (AvgIpc) is 2.60. The van der Waals surface area contributed by atoms with Crippen molar-refractivity contribution in [1.82, 2.24) is 9.97 Å². The summed E-state index contributed by atoms with van der Waals surface area (Å²) in [7, 11) is 4.53. The fourth-order valence-electron chi connectivity index (χ4n) is 2.10. The molecule has 0 amide bonds. The largest absolute Gasteiger partial charge is 0.493 e. The number of ether oxygens (including phenoxy) is 3. The fourth-order valence-corrected chi connectivity index (χ4v) is 2.85. The summed E-state index contributed by atoms with van der Waals surface area (Å²) in [5, 5.41) is 0.575. The van der Waals surface area contributed by atoms with Crippen molar-refractivity contribution in [3.05, 3.63) is 35.2 Å². The number of hydrogen-bond donors (Lipinski definition) is 0. The third-order valence-corrected chi connectivity index (χ3v) is 4.40. The Morgan fingerprint density at radius 2 is 1.79 bits per heavy atom. The van der Waals surface area contributed by atoms with Crippen molar-refractivity contribution >= 4 is 17.5 Å².